The summed E-state index contributed by atoms with van der Waals surface area (Å²) >= 11 is 0. The lowest BCUT2D eigenvalue weighted by Crippen LogP contribution is -2.06. The molecule has 0 saturated carbocycles. The highest BCUT2D eigenvalue weighted by molar-refractivity contribution is 5.97. The van der Waals surface area contributed by atoms with Crippen LogP contribution < -0.4 is 5.73 Å². The van der Waals surface area contributed by atoms with Gasteiger partial charge in [0.2, 0.25) is 0 Å². The van der Waals surface area contributed by atoms with E-state index >= 15 is 0 Å². The van der Waals surface area contributed by atoms with E-state index < -0.39 is 11.6 Å². The Hall–Kier alpha value is -2.07. The van der Waals surface area contributed by atoms with Gasteiger partial charge in [-0.3, -0.25) is 4.79 Å². The van der Waals surface area contributed by atoms with Crippen molar-refractivity contribution in [1.29, 1.82) is 0 Å². The summed E-state index contributed by atoms with van der Waals surface area (Å²) in [6, 6.07) is 10.6. The van der Waals surface area contributed by atoms with Crippen molar-refractivity contribution in [2.45, 2.75) is 13.0 Å². The zero-order valence-electron chi connectivity index (χ0n) is 10.2. The third-order valence-electron chi connectivity index (χ3n) is 2.89. The smallest absolute Gasteiger partial charge is 0.167 e. The van der Waals surface area contributed by atoms with Gasteiger partial charge in [0.25, 0.3) is 0 Å². The van der Waals surface area contributed by atoms with Crippen LogP contribution in [0, 0.1) is 11.6 Å². The van der Waals surface area contributed by atoms with Crippen molar-refractivity contribution in [1.82, 2.24) is 0 Å². The molecule has 0 aliphatic carbocycles. The highest BCUT2D eigenvalue weighted by atomic mass is 19.2. The van der Waals surface area contributed by atoms with Crippen molar-refractivity contribution in [2.75, 3.05) is 0 Å². The molecular formula is C15H13F2NO. The second-order valence-electron chi connectivity index (χ2n) is 4.21. The molecule has 0 aromatic heterocycles. The second kappa shape index (κ2) is 5.71. The number of halogens is 2. The molecular weight excluding hydrogens is 248 g/mol. The van der Waals surface area contributed by atoms with Crippen molar-refractivity contribution >= 4 is 5.78 Å². The van der Waals surface area contributed by atoms with Crippen molar-refractivity contribution < 1.29 is 13.6 Å². The summed E-state index contributed by atoms with van der Waals surface area (Å²) in [6.07, 6.45) is -0.161. The maximum absolute atomic E-state index is 13.5. The minimum absolute atomic E-state index is 0.0629. The van der Waals surface area contributed by atoms with Crippen molar-refractivity contribution in [2.24, 2.45) is 5.73 Å². The summed E-state index contributed by atoms with van der Waals surface area (Å²) in [5, 5.41) is 0. The van der Waals surface area contributed by atoms with Gasteiger partial charge in [-0.25, -0.2) is 8.78 Å². The van der Waals surface area contributed by atoms with E-state index in [1.165, 1.54) is 12.1 Å². The molecule has 2 nitrogen and oxygen atoms in total. The predicted octanol–water partition coefficient (Wildman–Crippen LogP) is 2.85. The van der Waals surface area contributed by atoms with Crippen LogP contribution in [0.5, 0.6) is 0 Å². The van der Waals surface area contributed by atoms with E-state index in [0.29, 0.717) is 12.1 Å². The molecule has 0 aliphatic heterocycles. The van der Waals surface area contributed by atoms with Gasteiger partial charge in [0.05, 0.1) is 0 Å². The average Bonchev–Trinajstić information content (AvgIpc) is 2.44. The fraction of sp³-hybridized carbons (Fsp3) is 0.133. The molecule has 0 unspecified atom stereocenters. The molecule has 0 spiro atoms. The lowest BCUT2D eigenvalue weighted by atomic mass is 10.0. The first-order valence-corrected chi connectivity index (χ1v) is 5.87. The Morgan fingerprint density at radius 2 is 1.74 bits per heavy atom. The van der Waals surface area contributed by atoms with Crippen LogP contribution in [0.25, 0.3) is 0 Å². The van der Waals surface area contributed by atoms with Crippen LogP contribution in [0.4, 0.5) is 8.78 Å². The first kappa shape index (κ1) is 13.4. The number of carbonyl (C=O) groups excluding carboxylic acids is 1. The number of benzene rings is 2. The number of ketones is 1. The maximum Gasteiger partial charge on any atom is 0.167 e. The molecule has 4 heteroatoms. The van der Waals surface area contributed by atoms with Crippen LogP contribution in [0.15, 0.2) is 42.5 Å². The molecule has 0 heterocycles. The van der Waals surface area contributed by atoms with Crippen molar-refractivity contribution in [3.63, 3.8) is 0 Å². The fourth-order valence-corrected chi connectivity index (χ4v) is 1.79. The molecule has 2 aromatic rings. The fourth-order valence-electron chi connectivity index (χ4n) is 1.79. The average molecular weight is 261 g/mol. The SMILES string of the molecule is NCc1ccc(C(=O)Cc2cccc(F)c2F)cc1. The van der Waals surface area contributed by atoms with E-state index in [0.717, 1.165) is 11.6 Å². The molecule has 0 radical (unpaired) electrons. The molecule has 0 fully saturated rings. The molecule has 19 heavy (non-hydrogen) atoms. The van der Waals surface area contributed by atoms with E-state index in [-0.39, 0.29) is 17.8 Å². The first-order valence-electron chi connectivity index (χ1n) is 5.87. The lowest BCUT2D eigenvalue weighted by molar-refractivity contribution is 0.0991. The van der Waals surface area contributed by atoms with Gasteiger partial charge >= 0.3 is 0 Å². The Morgan fingerprint density at radius 3 is 2.37 bits per heavy atom. The van der Waals surface area contributed by atoms with E-state index in [2.05, 4.69) is 0 Å². The van der Waals surface area contributed by atoms with Crippen LogP contribution in [0.1, 0.15) is 21.5 Å². The van der Waals surface area contributed by atoms with Crippen LogP contribution in [-0.4, -0.2) is 5.78 Å². The molecule has 0 atom stereocenters. The van der Waals surface area contributed by atoms with Gasteiger partial charge in [0, 0.05) is 18.5 Å². The van der Waals surface area contributed by atoms with E-state index in [1.807, 2.05) is 0 Å². The van der Waals surface area contributed by atoms with Crippen LogP contribution >= 0.6 is 0 Å². The zero-order chi connectivity index (χ0) is 13.8. The van der Waals surface area contributed by atoms with Gasteiger partial charge in [0.1, 0.15) is 0 Å². The third-order valence-corrected chi connectivity index (χ3v) is 2.89. The number of carbonyl (C=O) groups is 1. The largest absolute Gasteiger partial charge is 0.326 e. The van der Waals surface area contributed by atoms with Gasteiger partial charge in [-0.05, 0) is 17.2 Å². The molecule has 0 saturated heterocycles. The highest BCUT2D eigenvalue weighted by Crippen LogP contribution is 2.14. The summed E-state index contributed by atoms with van der Waals surface area (Å²) in [5.41, 5.74) is 6.89. The Morgan fingerprint density at radius 1 is 1.05 bits per heavy atom. The lowest BCUT2D eigenvalue weighted by Gasteiger charge is -2.04. The van der Waals surface area contributed by atoms with Gasteiger partial charge < -0.3 is 5.73 Å². The molecule has 2 aromatic carbocycles. The summed E-state index contributed by atoms with van der Waals surface area (Å²) in [4.78, 5) is 12.0. The highest BCUT2D eigenvalue weighted by Gasteiger charge is 2.13. The number of hydrogen-bond acceptors (Lipinski definition) is 2. The van der Waals surface area contributed by atoms with Crippen molar-refractivity contribution in [3.05, 3.63) is 70.8 Å². The normalized spacial score (nSPS) is 10.5. The number of nitrogens with two attached hydrogens (primary N) is 1. The Kier molecular flexibility index (Phi) is 4.02. The Balaban J connectivity index is 2.18. The van der Waals surface area contributed by atoms with Crippen LogP contribution in [0.3, 0.4) is 0 Å². The van der Waals surface area contributed by atoms with Crippen LogP contribution in [-0.2, 0) is 13.0 Å². The van der Waals surface area contributed by atoms with E-state index in [9.17, 15) is 13.6 Å². The van der Waals surface area contributed by atoms with E-state index in [4.69, 9.17) is 5.73 Å². The number of hydrogen-bond donors (Lipinski definition) is 1. The van der Waals surface area contributed by atoms with Gasteiger partial charge in [-0.2, -0.15) is 0 Å². The zero-order valence-corrected chi connectivity index (χ0v) is 10.2. The van der Waals surface area contributed by atoms with Gasteiger partial charge in [0.15, 0.2) is 17.4 Å². The van der Waals surface area contributed by atoms with Crippen molar-refractivity contribution in [3.8, 4) is 0 Å². The molecule has 0 bridgehead atoms. The second-order valence-corrected chi connectivity index (χ2v) is 4.21. The van der Waals surface area contributed by atoms with Gasteiger partial charge in [-0.15, -0.1) is 0 Å². The molecule has 0 amide bonds. The minimum Gasteiger partial charge on any atom is -0.326 e. The number of rotatable bonds is 4. The Labute approximate surface area is 109 Å². The standard InChI is InChI=1S/C15H13F2NO/c16-13-3-1-2-12(15(13)17)8-14(19)11-6-4-10(9-18)5-7-11/h1-7H,8-9,18H2. The minimum atomic E-state index is -0.963. The Bertz CT molecular complexity index is 594. The summed E-state index contributed by atoms with van der Waals surface area (Å²) in [6.45, 7) is 0.396. The predicted molar refractivity (Wildman–Crippen MR) is 68.7 cm³/mol. The number of Topliss-reactive ketones (excluding diaryl/α,β-unsaturated/α-hetero) is 1. The van der Waals surface area contributed by atoms with Crippen LogP contribution in [0.2, 0.25) is 0 Å². The molecule has 98 valence electrons. The monoisotopic (exact) mass is 261 g/mol. The summed E-state index contributed by atoms with van der Waals surface area (Å²) < 4.78 is 26.5. The molecule has 2 N–H and O–H groups in total. The maximum atomic E-state index is 13.5. The first-order chi connectivity index (χ1) is 9.11. The topological polar surface area (TPSA) is 43.1 Å². The quantitative estimate of drug-likeness (QED) is 0.860. The van der Waals surface area contributed by atoms with E-state index in [1.54, 1.807) is 24.3 Å². The van der Waals surface area contributed by atoms with Gasteiger partial charge in [-0.1, -0.05) is 36.4 Å². The molecule has 0 aliphatic rings. The third kappa shape index (κ3) is 3.03. The summed E-state index contributed by atoms with van der Waals surface area (Å²) in [7, 11) is 0. The summed E-state index contributed by atoms with van der Waals surface area (Å²) in [5.74, 6) is -2.16. The molecule has 2 rings (SSSR count).